The molecule has 3 N–H and O–H groups in total. The maximum absolute atomic E-state index is 12.6. The van der Waals surface area contributed by atoms with Crippen molar-refractivity contribution in [1.29, 1.82) is 0 Å². The monoisotopic (exact) mass is 334 g/mol. The fraction of sp³-hybridized carbons (Fsp3) is 0.294. The third-order valence-corrected chi connectivity index (χ3v) is 5.09. The molecule has 2 aromatic carbocycles. The minimum Gasteiger partial charge on any atom is -0.496 e. The van der Waals surface area contributed by atoms with Gasteiger partial charge in [0, 0.05) is 0 Å². The van der Waals surface area contributed by atoms with E-state index in [-0.39, 0.29) is 16.5 Å². The van der Waals surface area contributed by atoms with Crippen molar-refractivity contribution in [3.63, 3.8) is 0 Å². The van der Waals surface area contributed by atoms with Crippen LogP contribution in [0.1, 0.15) is 30.9 Å². The maximum atomic E-state index is 12.6. The predicted molar refractivity (Wildman–Crippen MR) is 93.5 cm³/mol. The fourth-order valence-electron chi connectivity index (χ4n) is 2.36. The molecule has 0 aromatic heterocycles. The SMILES string of the molecule is COc1cc(C)c(NS(=O)(=O)c2ccccc2N)cc1C(C)C. The molecule has 2 aromatic rings. The third-order valence-electron chi connectivity index (χ3n) is 3.65. The number of anilines is 2. The summed E-state index contributed by atoms with van der Waals surface area (Å²) in [5, 5.41) is 0. The molecule has 2 rings (SSSR count). The normalized spacial score (nSPS) is 11.5. The molecule has 0 amide bonds. The average Bonchev–Trinajstić information content (AvgIpc) is 2.48. The lowest BCUT2D eigenvalue weighted by Gasteiger charge is -2.17. The molecule has 0 heterocycles. The van der Waals surface area contributed by atoms with Crippen LogP contribution in [0, 0.1) is 6.92 Å². The number of aryl methyl sites for hydroxylation is 1. The second kappa shape index (κ2) is 6.50. The summed E-state index contributed by atoms with van der Waals surface area (Å²) < 4.78 is 33.2. The van der Waals surface area contributed by atoms with E-state index in [0.717, 1.165) is 16.9 Å². The Morgan fingerprint density at radius 3 is 2.39 bits per heavy atom. The van der Waals surface area contributed by atoms with E-state index < -0.39 is 10.0 Å². The van der Waals surface area contributed by atoms with Crippen LogP contribution in [-0.2, 0) is 10.0 Å². The Morgan fingerprint density at radius 2 is 1.83 bits per heavy atom. The van der Waals surface area contributed by atoms with E-state index >= 15 is 0 Å². The highest BCUT2D eigenvalue weighted by Gasteiger charge is 2.19. The van der Waals surface area contributed by atoms with Gasteiger partial charge in [0.05, 0.1) is 18.5 Å². The summed E-state index contributed by atoms with van der Waals surface area (Å²) in [6.07, 6.45) is 0. The topological polar surface area (TPSA) is 81.4 Å². The first-order chi connectivity index (χ1) is 10.8. The molecule has 0 saturated heterocycles. The minimum absolute atomic E-state index is 0.0707. The zero-order valence-corrected chi connectivity index (χ0v) is 14.6. The zero-order chi connectivity index (χ0) is 17.2. The number of rotatable bonds is 5. The van der Waals surface area contributed by atoms with Gasteiger partial charge in [-0.05, 0) is 48.2 Å². The van der Waals surface area contributed by atoms with Crippen molar-refractivity contribution in [3.8, 4) is 5.75 Å². The Kier molecular flexibility index (Phi) is 4.85. The number of nitrogen functional groups attached to an aromatic ring is 1. The van der Waals surface area contributed by atoms with Gasteiger partial charge < -0.3 is 10.5 Å². The third kappa shape index (κ3) is 3.59. The number of benzene rings is 2. The van der Waals surface area contributed by atoms with Crippen LogP contribution in [0.5, 0.6) is 5.75 Å². The van der Waals surface area contributed by atoms with E-state index in [2.05, 4.69) is 4.72 Å². The highest BCUT2D eigenvalue weighted by atomic mass is 32.2. The first-order valence-corrected chi connectivity index (χ1v) is 8.80. The van der Waals surface area contributed by atoms with Gasteiger partial charge in [-0.1, -0.05) is 26.0 Å². The van der Waals surface area contributed by atoms with Gasteiger partial charge in [-0.25, -0.2) is 8.42 Å². The summed E-state index contributed by atoms with van der Waals surface area (Å²) in [5.74, 6) is 0.954. The van der Waals surface area contributed by atoms with Crippen molar-refractivity contribution < 1.29 is 13.2 Å². The van der Waals surface area contributed by atoms with E-state index in [4.69, 9.17) is 10.5 Å². The van der Waals surface area contributed by atoms with Gasteiger partial charge in [-0.3, -0.25) is 4.72 Å². The Morgan fingerprint density at radius 1 is 1.17 bits per heavy atom. The molecular weight excluding hydrogens is 312 g/mol. The van der Waals surface area contributed by atoms with Crippen LogP contribution in [0.4, 0.5) is 11.4 Å². The molecule has 0 aliphatic carbocycles. The van der Waals surface area contributed by atoms with Crippen molar-refractivity contribution in [2.75, 3.05) is 17.6 Å². The van der Waals surface area contributed by atoms with Crippen LogP contribution in [0.15, 0.2) is 41.3 Å². The van der Waals surface area contributed by atoms with Crippen molar-refractivity contribution >= 4 is 21.4 Å². The second-order valence-corrected chi connectivity index (χ2v) is 7.36. The van der Waals surface area contributed by atoms with Gasteiger partial charge in [0.2, 0.25) is 0 Å². The number of sulfonamides is 1. The van der Waals surface area contributed by atoms with Gasteiger partial charge in [0.1, 0.15) is 10.6 Å². The van der Waals surface area contributed by atoms with E-state index in [0.29, 0.717) is 5.69 Å². The van der Waals surface area contributed by atoms with Crippen molar-refractivity contribution in [3.05, 3.63) is 47.5 Å². The first kappa shape index (κ1) is 17.1. The van der Waals surface area contributed by atoms with E-state index in [9.17, 15) is 8.42 Å². The quantitative estimate of drug-likeness (QED) is 0.820. The van der Waals surface area contributed by atoms with Crippen LogP contribution in [0.2, 0.25) is 0 Å². The van der Waals surface area contributed by atoms with Crippen LogP contribution in [-0.4, -0.2) is 15.5 Å². The smallest absolute Gasteiger partial charge is 0.263 e. The Bertz CT molecular complexity index is 815. The summed E-state index contributed by atoms with van der Waals surface area (Å²) in [6.45, 7) is 5.89. The number of hydrogen-bond acceptors (Lipinski definition) is 4. The Balaban J connectivity index is 2.48. The molecule has 0 fully saturated rings. The molecule has 0 spiro atoms. The molecule has 0 atom stereocenters. The van der Waals surface area contributed by atoms with Gasteiger partial charge in [-0.15, -0.1) is 0 Å². The van der Waals surface area contributed by atoms with Gasteiger partial charge in [0.15, 0.2) is 0 Å². The lowest BCUT2D eigenvalue weighted by atomic mass is 9.99. The number of methoxy groups -OCH3 is 1. The zero-order valence-electron chi connectivity index (χ0n) is 13.8. The van der Waals surface area contributed by atoms with Gasteiger partial charge in [-0.2, -0.15) is 0 Å². The second-order valence-electron chi connectivity index (χ2n) is 5.71. The molecule has 6 heteroatoms. The molecule has 0 aliphatic rings. The largest absolute Gasteiger partial charge is 0.496 e. The summed E-state index contributed by atoms with van der Waals surface area (Å²) in [4.78, 5) is 0.0707. The molecule has 0 saturated carbocycles. The van der Waals surface area contributed by atoms with Crippen molar-refractivity contribution in [2.24, 2.45) is 0 Å². The Labute approximate surface area is 137 Å². The number of hydrogen-bond donors (Lipinski definition) is 2. The van der Waals surface area contributed by atoms with Crippen LogP contribution < -0.4 is 15.2 Å². The summed E-state index contributed by atoms with van der Waals surface area (Å²) in [7, 11) is -2.14. The van der Waals surface area contributed by atoms with Gasteiger partial charge >= 0.3 is 0 Å². The van der Waals surface area contributed by atoms with E-state index in [1.54, 1.807) is 25.3 Å². The Hall–Kier alpha value is -2.21. The number of nitrogens with one attached hydrogen (secondary N) is 1. The lowest BCUT2D eigenvalue weighted by molar-refractivity contribution is 0.407. The molecule has 124 valence electrons. The molecule has 23 heavy (non-hydrogen) atoms. The highest BCUT2D eigenvalue weighted by molar-refractivity contribution is 7.92. The highest BCUT2D eigenvalue weighted by Crippen LogP contribution is 2.33. The standard InChI is InChI=1S/C17H22N2O3S/c1-11(2)13-10-15(12(3)9-16(13)22-4)19-23(20,21)17-8-6-5-7-14(17)18/h5-11,19H,18H2,1-4H3. The molecule has 0 unspecified atom stereocenters. The molecule has 0 radical (unpaired) electrons. The first-order valence-electron chi connectivity index (χ1n) is 7.32. The number of ether oxygens (including phenoxy) is 1. The maximum Gasteiger partial charge on any atom is 0.263 e. The predicted octanol–water partition coefficient (Wildman–Crippen LogP) is 3.51. The van der Waals surface area contributed by atoms with E-state index in [1.807, 2.05) is 32.9 Å². The van der Waals surface area contributed by atoms with Gasteiger partial charge in [0.25, 0.3) is 10.0 Å². The lowest BCUT2D eigenvalue weighted by Crippen LogP contribution is -2.16. The summed E-state index contributed by atoms with van der Waals surface area (Å²) >= 11 is 0. The number of nitrogens with two attached hydrogens (primary N) is 1. The fourth-order valence-corrected chi connectivity index (χ4v) is 3.62. The van der Waals surface area contributed by atoms with Crippen molar-refractivity contribution in [2.45, 2.75) is 31.6 Å². The molecule has 0 bridgehead atoms. The summed E-state index contributed by atoms with van der Waals surface area (Å²) in [5.41, 5.74) is 8.25. The van der Waals surface area contributed by atoms with Crippen molar-refractivity contribution in [1.82, 2.24) is 0 Å². The van der Waals surface area contributed by atoms with Crippen LogP contribution >= 0.6 is 0 Å². The molecular formula is C17H22N2O3S. The van der Waals surface area contributed by atoms with E-state index in [1.165, 1.54) is 6.07 Å². The molecule has 0 aliphatic heterocycles. The molecule has 5 nitrogen and oxygen atoms in total. The van der Waals surface area contributed by atoms with Crippen LogP contribution in [0.3, 0.4) is 0 Å². The summed E-state index contributed by atoms with van der Waals surface area (Å²) in [6, 6.07) is 10.0. The number of para-hydroxylation sites is 1. The minimum atomic E-state index is -3.74. The van der Waals surface area contributed by atoms with Crippen LogP contribution in [0.25, 0.3) is 0 Å². The average molecular weight is 334 g/mol.